The summed E-state index contributed by atoms with van der Waals surface area (Å²) in [6.07, 6.45) is 7.46. The zero-order valence-electron chi connectivity index (χ0n) is 12.9. The van der Waals surface area contributed by atoms with E-state index in [9.17, 15) is 4.79 Å². The lowest BCUT2D eigenvalue weighted by atomic mass is 9.93. The van der Waals surface area contributed by atoms with E-state index in [1.54, 1.807) is 11.3 Å². The van der Waals surface area contributed by atoms with E-state index in [1.165, 1.54) is 19.3 Å². The molecule has 1 aromatic heterocycles. The Morgan fingerprint density at radius 3 is 2.65 bits per heavy atom. The number of rotatable bonds is 4. The highest BCUT2D eigenvalue weighted by Crippen LogP contribution is 2.24. The van der Waals surface area contributed by atoms with Crippen LogP contribution in [0.5, 0.6) is 0 Å². The molecule has 0 aromatic carbocycles. The molecule has 0 spiro atoms. The van der Waals surface area contributed by atoms with Crippen LogP contribution in [0.25, 0.3) is 0 Å². The quantitative estimate of drug-likeness (QED) is 0.917. The van der Waals surface area contributed by atoms with Crippen LogP contribution in [0.4, 0.5) is 0 Å². The Morgan fingerprint density at radius 1 is 1.35 bits per heavy atom. The van der Waals surface area contributed by atoms with Gasteiger partial charge in [0.05, 0.1) is 10.7 Å². The van der Waals surface area contributed by atoms with Crippen molar-refractivity contribution in [3.05, 3.63) is 16.1 Å². The smallest absolute Gasteiger partial charge is 0.220 e. The summed E-state index contributed by atoms with van der Waals surface area (Å²) in [5, 5.41) is 6.36. The number of hydrogen-bond acceptors (Lipinski definition) is 3. The van der Waals surface area contributed by atoms with Crippen molar-refractivity contribution in [2.24, 2.45) is 0 Å². The van der Waals surface area contributed by atoms with Crippen LogP contribution in [0.1, 0.15) is 70.0 Å². The van der Waals surface area contributed by atoms with Crippen LogP contribution in [-0.2, 0) is 16.6 Å². The number of nitrogens with zero attached hydrogens (tertiary/aromatic N) is 1. The number of thiazole rings is 1. The molecule has 1 N–H and O–H groups in total. The minimum Gasteiger partial charge on any atom is -0.353 e. The molecule has 1 aromatic rings. The molecule has 0 bridgehead atoms. The fourth-order valence-electron chi connectivity index (χ4n) is 2.54. The van der Waals surface area contributed by atoms with Gasteiger partial charge in [-0.25, -0.2) is 4.98 Å². The van der Waals surface area contributed by atoms with Crippen molar-refractivity contribution in [1.82, 2.24) is 10.3 Å². The Bertz CT molecular complexity index is 442. The summed E-state index contributed by atoms with van der Waals surface area (Å²) in [5.74, 6) is 0.185. The van der Waals surface area contributed by atoms with Crippen LogP contribution in [0.2, 0.25) is 0 Å². The predicted octanol–water partition coefficient (Wildman–Crippen LogP) is 3.82. The molecule has 0 atom stereocenters. The number of nitrogens with one attached hydrogen (secondary N) is 1. The Hall–Kier alpha value is -0.900. The summed E-state index contributed by atoms with van der Waals surface area (Å²) in [5.41, 5.74) is 1.23. The fourth-order valence-corrected chi connectivity index (χ4v) is 3.56. The number of amides is 1. The molecule has 4 heteroatoms. The summed E-state index contributed by atoms with van der Waals surface area (Å²) in [7, 11) is 0. The van der Waals surface area contributed by atoms with E-state index in [-0.39, 0.29) is 11.3 Å². The maximum atomic E-state index is 12.0. The van der Waals surface area contributed by atoms with E-state index < -0.39 is 0 Å². The lowest BCUT2D eigenvalue weighted by Crippen LogP contribution is -2.36. The van der Waals surface area contributed by atoms with Crippen LogP contribution >= 0.6 is 11.3 Å². The van der Waals surface area contributed by atoms with E-state index in [0.717, 1.165) is 30.0 Å². The van der Waals surface area contributed by atoms with E-state index >= 15 is 0 Å². The van der Waals surface area contributed by atoms with Gasteiger partial charge in [-0.05, 0) is 12.8 Å². The van der Waals surface area contributed by atoms with Gasteiger partial charge >= 0.3 is 0 Å². The number of carbonyl (C=O) groups is 1. The molecule has 1 fully saturated rings. The number of aryl methyl sites for hydroxylation is 1. The van der Waals surface area contributed by atoms with E-state index in [0.29, 0.717) is 12.5 Å². The summed E-state index contributed by atoms with van der Waals surface area (Å²) < 4.78 is 0. The minimum atomic E-state index is 0.0963. The first kappa shape index (κ1) is 15.5. The van der Waals surface area contributed by atoms with Crippen molar-refractivity contribution in [3.63, 3.8) is 0 Å². The average Bonchev–Trinajstić information content (AvgIpc) is 2.86. The van der Waals surface area contributed by atoms with Gasteiger partial charge in [0.1, 0.15) is 0 Å². The standard InChI is InChI=1S/C16H26N2OS/c1-16(2,3)13-11-20-15(18-13)10-9-14(19)17-12-7-5-4-6-8-12/h11-12H,4-10H2,1-3H3,(H,17,19). The van der Waals surface area contributed by atoms with Crippen LogP contribution in [0, 0.1) is 0 Å². The van der Waals surface area contributed by atoms with Crippen LogP contribution < -0.4 is 5.32 Å². The first-order valence-electron chi connectivity index (χ1n) is 7.69. The van der Waals surface area contributed by atoms with Gasteiger partial charge in [-0.2, -0.15) is 0 Å². The highest BCUT2D eigenvalue weighted by atomic mass is 32.1. The molecule has 20 heavy (non-hydrogen) atoms. The molecule has 0 unspecified atom stereocenters. The van der Waals surface area contributed by atoms with Gasteiger partial charge < -0.3 is 5.32 Å². The number of hydrogen-bond donors (Lipinski definition) is 1. The van der Waals surface area contributed by atoms with Crippen molar-refractivity contribution < 1.29 is 4.79 Å². The third-order valence-corrected chi connectivity index (χ3v) is 4.76. The van der Waals surface area contributed by atoms with Crippen molar-refractivity contribution in [1.29, 1.82) is 0 Å². The highest BCUT2D eigenvalue weighted by Gasteiger charge is 2.18. The average molecular weight is 294 g/mol. The Balaban J connectivity index is 1.76. The monoisotopic (exact) mass is 294 g/mol. The second-order valence-corrected chi connectivity index (χ2v) is 7.72. The number of carbonyl (C=O) groups excluding carboxylic acids is 1. The third kappa shape index (κ3) is 4.58. The second kappa shape index (κ2) is 6.70. The fraction of sp³-hybridized carbons (Fsp3) is 0.750. The Morgan fingerprint density at radius 2 is 2.05 bits per heavy atom. The molecule has 3 nitrogen and oxygen atoms in total. The van der Waals surface area contributed by atoms with Crippen LogP contribution in [-0.4, -0.2) is 16.9 Å². The third-order valence-electron chi connectivity index (χ3n) is 3.86. The lowest BCUT2D eigenvalue weighted by Gasteiger charge is -2.22. The van der Waals surface area contributed by atoms with Crippen molar-refractivity contribution in [3.8, 4) is 0 Å². The van der Waals surface area contributed by atoms with Crippen molar-refractivity contribution in [2.45, 2.75) is 77.2 Å². The molecule has 1 aliphatic rings. The summed E-state index contributed by atoms with van der Waals surface area (Å²) >= 11 is 1.67. The summed E-state index contributed by atoms with van der Waals surface area (Å²) in [6.45, 7) is 6.50. The largest absolute Gasteiger partial charge is 0.353 e. The normalized spacial score (nSPS) is 17.1. The van der Waals surface area contributed by atoms with Crippen LogP contribution in [0.15, 0.2) is 5.38 Å². The predicted molar refractivity (Wildman–Crippen MR) is 84.2 cm³/mol. The first-order chi connectivity index (χ1) is 9.45. The highest BCUT2D eigenvalue weighted by molar-refractivity contribution is 7.09. The van der Waals surface area contributed by atoms with Gasteiger partial charge in [0.2, 0.25) is 5.91 Å². The van der Waals surface area contributed by atoms with Crippen molar-refractivity contribution >= 4 is 17.2 Å². The van der Waals surface area contributed by atoms with Gasteiger partial charge in [-0.3, -0.25) is 4.79 Å². The SMILES string of the molecule is CC(C)(C)c1csc(CCC(=O)NC2CCCCC2)n1. The molecule has 2 rings (SSSR count). The second-order valence-electron chi connectivity index (χ2n) is 6.78. The van der Waals surface area contributed by atoms with Gasteiger partial charge in [0.25, 0.3) is 0 Å². The van der Waals surface area contributed by atoms with E-state index in [4.69, 9.17) is 0 Å². The molecule has 0 saturated heterocycles. The van der Waals surface area contributed by atoms with Gasteiger partial charge in [0, 0.05) is 29.7 Å². The molecule has 0 aliphatic heterocycles. The van der Waals surface area contributed by atoms with E-state index in [1.807, 2.05) is 0 Å². The van der Waals surface area contributed by atoms with Gasteiger partial charge in [-0.15, -0.1) is 11.3 Å². The van der Waals surface area contributed by atoms with Gasteiger partial charge in [0.15, 0.2) is 0 Å². The Kier molecular flexibility index (Phi) is 5.19. The summed E-state index contributed by atoms with van der Waals surface area (Å²) in [4.78, 5) is 16.6. The van der Waals surface area contributed by atoms with E-state index in [2.05, 4.69) is 36.5 Å². The molecule has 1 aliphatic carbocycles. The number of aromatic nitrogens is 1. The minimum absolute atomic E-state index is 0.0963. The molecule has 1 heterocycles. The lowest BCUT2D eigenvalue weighted by molar-refractivity contribution is -0.121. The maximum absolute atomic E-state index is 12.0. The topological polar surface area (TPSA) is 42.0 Å². The van der Waals surface area contributed by atoms with Crippen molar-refractivity contribution in [2.75, 3.05) is 0 Å². The molecule has 0 radical (unpaired) electrons. The first-order valence-corrected chi connectivity index (χ1v) is 8.57. The molecular weight excluding hydrogens is 268 g/mol. The zero-order valence-corrected chi connectivity index (χ0v) is 13.7. The van der Waals surface area contributed by atoms with Crippen LogP contribution in [0.3, 0.4) is 0 Å². The summed E-state index contributed by atoms with van der Waals surface area (Å²) in [6, 6.07) is 0.415. The molecular formula is C16H26N2OS. The zero-order chi connectivity index (χ0) is 14.6. The Labute approximate surface area is 126 Å². The van der Waals surface area contributed by atoms with Gasteiger partial charge in [-0.1, -0.05) is 40.0 Å². The maximum Gasteiger partial charge on any atom is 0.220 e. The molecule has 1 saturated carbocycles. The molecule has 1 amide bonds. The molecule has 112 valence electrons.